The van der Waals surface area contributed by atoms with Crippen LogP contribution < -0.4 is 5.43 Å². The molecule has 0 radical (unpaired) electrons. The number of nitrogens with zero attached hydrogens (tertiary/aromatic N) is 2. The van der Waals surface area contributed by atoms with Gasteiger partial charge in [0.05, 0.1) is 0 Å². The van der Waals surface area contributed by atoms with Gasteiger partial charge in [0.2, 0.25) is 0 Å². The van der Waals surface area contributed by atoms with Crippen molar-refractivity contribution in [2.75, 3.05) is 19.6 Å². The molecule has 0 spiro atoms. The van der Waals surface area contributed by atoms with E-state index in [1.165, 1.54) is 25.8 Å². The molecule has 2 aliphatic heterocycles. The van der Waals surface area contributed by atoms with Crippen molar-refractivity contribution in [3.05, 3.63) is 45.7 Å². The molecule has 24 heavy (non-hydrogen) atoms. The summed E-state index contributed by atoms with van der Waals surface area (Å²) in [6.45, 7) is 8.74. The Labute approximate surface area is 143 Å². The van der Waals surface area contributed by atoms with E-state index >= 15 is 0 Å². The van der Waals surface area contributed by atoms with Crippen molar-refractivity contribution in [1.29, 1.82) is 0 Å². The number of aromatic amines is 1. The maximum absolute atomic E-state index is 12.3. The molecule has 0 aliphatic carbocycles. The summed E-state index contributed by atoms with van der Waals surface area (Å²) in [5.41, 5.74) is 3.23. The normalized spacial score (nSPS) is 23.5. The Kier molecular flexibility index (Phi) is 4.19. The second-order valence-electron chi connectivity index (χ2n) is 7.64. The van der Waals surface area contributed by atoms with Crippen molar-refractivity contribution in [3.8, 4) is 0 Å². The van der Waals surface area contributed by atoms with E-state index in [9.17, 15) is 4.79 Å². The Bertz CT molecular complexity index is 791. The maximum atomic E-state index is 12.3. The molecule has 0 bridgehead atoms. The molecular weight excluding hydrogens is 298 g/mol. The Morgan fingerprint density at radius 1 is 1.21 bits per heavy atom. The maximum Gasteiger partial charge on any atom is 0.189 e. The van der Waals surface area contributed by atoms with E-state index < -0.39 is 0 Å². The molecule has 0 saturated carbocycles. The fourth-order valence-corrected chi connectivity index (χ4v) is 4.29. The van der Waals surface area contributed by atoms with Crippen molar-refractivity contribution < 1.29 is 0 Å². The minimum Gasteiger partial charge on any atom is -0.357 e. The molecule has 1 aromatic carbocycles. The average molecular weight is 325 g/mol. The van der Waals surface area contributed by atoms with E-state index in [0.717, 1.165) is 47.8 Å². The van der Waals surface area contributed by atoms with Crippen molar-refractivity contribution >= 4 is 10.9 Å². The third-order valence-corrected chi connectivity index (χ3v) is 5.70. The van der Waals surface area contributed by atoms with Crippen LogP contribution in [0.2, 0.25) is 0 Å². The average Bonchev–Trinajstić information content (AvgIpc) is 2.52. The first-order valence-electron chi connectivity index (χ1n) is 9.21. The highest BCUT2D eigenvalue weighted by molar-refractivity contribution is 5.79. The number of aryl methyl sites for hydroxylation is 1. The van der Waals surface area contributed by atoms with Crippen LogP contribution in [-0.4, -0.2) is 46.5 Å². The van der Waals surface area contributed by atoms with Gasteiger partial charge in [-0.1, -0.05) is 18.1 Å². The predicted molar refractivity (Wildman–Crippen MR) is 98.4 cm³/mol. The van der Waals surface area contributed by atoms with Crippen LogP contribution in [0, 0.1) is 6.92 Å². The van der Waals surface area contributed by atoms with Gasteiger partial charge in [-0.3, -0.25) is 14.6 Å². The minimum atomic E-state index is 0.129. The number of fused-ring (bicyclic) bond motifs is 1. The summed E-state index contributed by atoms with van der Waals surface area (Å²) < 4.78 is 0. The lowest BCUT2D eigenvalue weighted by atomic mass is 9.97. The number of piperidine rings is 1. The molecule has 2 aromatic rings. The molecule has 0 unspecified atom stereocenters. The number of nitrogens with one attached hydrogen (secondary N) is 1. The Balaban J connectivity index is 1.43. The summed E-state index contributed by atoms with van der Waals surface area (Å²) in [6, 6.07) is 9.25. The molecule has 2 saturated heterocycles. The SMILES string of the molecule is Cc1ccc2[nH]c(CN3CC(N4CCCC[C@H]4C)C3)cc(=O)c2c1. The lowest BCUT2D eigenvalue weighted by molar-refractivity contribution is -0.00670. The number of benzene rings is 1. The van der Waals surface area contributed by atoms with Gasteiger partial charge in [-0.05, 0) is 45.4 Å². The molecule has 128 valence electrons. The van der Waals surface area contributed by atoms with Crippen molar-refractivity contribution in [2.45, 2.75) is 51.7 Å². The van der Waals surface area contributed by atoms with Crippen molar-refractivity contribution in [2.24, 2.45) is 0 Å². The molecule has 3 heterocycles. The lowest BCUT2D eigenvalue weighted by Crippen LogP contribution is -2.61. The Hall–Kier alpha value is -1.65. The highest BCUT2D eigenvalue weighted by atomic mass is 16.1. The molecule has 2 aliphatic rings. The van der Waals surface area contributed by atoms with Gasteiger partial charge in [0.1, 0.15) is 0 Å². The Morgan fingerprint density at radius 2 is 2.04 bits per heavy atom. The molecule has 4 rings (SSSR count). The fourth-order valence-electron chi connectivity index (χ4n) is 4.29. The van der Waals surface area contributed by atoms with E-state index in [4.69, 9.17) is 0 Å². The van der Waals surface area contributed by atoms with Crippen LogP contribution in [-0.2, 0) is 6.54 Å². The smallest absolute Gasteiger partial charge is 0.189 e. The van der Waals surface area contributed by atoms with Crippen molar-refractivity contribution in [3.63, 3.8) is 0 Å². The quantitative estimate of drug-likeness (QED) is 0.943. The van der Waals surface area contributed by atoms with Gasteiger partial charge in [0, 0.05) is 54.4 Å². The molecule has 0 amide bonds. The standard InChI is InChI=1S/C20H27N3O/c1-14-6-7-19-18(9-14)20(24)10-16(21-19)11-22-12-17(13-22)23-8-4-3-5-15(23)2/h6-7,9-10,15,17H,3-5,8,11-13H2,1-2H3,(H,21,24)/t15-/m1/s1. The van der Waals surface area contributed by atoms with Crippen LogP contribution in [0.15, 0.2) is 29.1 Å². The summed E-state index contributed by atoms with van der Waals surface area (Å²) >= 11 is 0. The van der Waals surface area contributed by atoms with Gasteiger partial charge in [-0.2, -0.15) is 0 Å². The van der Waals surface area contributed by atoms with E-state index in [2.05, 4.69) is 27.8 Å². The number of likely N-dealkylation sites (tertiary alicyclic amines) is 2. The zero-order valence-electron chi connectivity index (χ0n) is 14.7. The first kappa shape index (κ1) is 15.9. The number of hydrogen-bond donors (Lipinski definition) is 1. The zero-order valence-corrected chi connectivity index (χ0v) is 14.7. The number of rotatable bonds is 3. The zero-order chi connectivity index (χ0) is 16.7. The highest BCUT2D eigenvalue weighted by Crippen LogP contribution is 2.25. The molecule has 4 nitrogen and oxygen atoms in total. The number of hydrogen-bond acceptors (Lipinski definition) is 3. The topological polar surface area (TPSA) is 39.3 Å². The monoisotopic (exact) mass is 325 g/mol. The first-order valence-corrected chi connectivity index (χ1v) is 9.21. The van der Waals surface area contributed by atoms with E-state index in [1.54, 1.807) is 6.07 Å². The summed E-state index contributed by atoms with van der Waals surface area (Å²) in [7, 11) is 0. The minimum absolute atomic E-state index is 0.129. The number of aromatic nitrogens is 1. The predicted octanol–water partition coefficient (Wildman–Crippen LogP) is 2.90. The van der Waals surface area contributed by atoms with Gasteiger partial charge >= 0.3 is 0 Å². The van der Waals surface area contributed by atoms with Crippen LogP contribution in [0.4, 0.5) is 0 Å². The summed E-state index contributed by atoms with van der Waals surface area (Å²) in [5.74, 6) is 0. The largest absolute Gasteiger partial charge is 0.357 e. The van der Waals surface area contributed by atoms with Gasteiger partial charge in [-0.15, -0.1) is 0 Å². The summed E-state index contributed by atoms with van der Waals surface area (Å²) in [5, 5.41) is 0.794. The van der Waals surface area contributed by atoms with Gasteiger partial charge in [0.15, 0.2) is 5.43 Å². The highest BCUT2D eigenvalue weighted by Gasteiger charge is 2.34. The second kappa shape index (κ2) is 6.34. The second-order valence-corrected chi connectivity index (χ2v) is 7.64. The summed E-state index contributed by atoms with van der Waals surface area (Å²) in [4.78, 5) is 20.9. The molecule has 1 N–H and O–H groups in total. The van der Waals surface area contributed by atoms with E-state index in [0.29, 0.717) is 6.04 Å². The first-order chi connectivity index (χ1) is 11.6. The molecule has 1 atom stereocenters. The van der Waals surface area contributed by atoms with Gasteiger partial charge in [-0.25, -0.2) is 0 Å². The molecule has 2 fully saturated rings. The Morgan fingerprint density at radius 3 is 2.83 bits per heavy atom. The van der Waals surface area contributed by atoms with Crippen LogP contribution in [0.5, 0.6) is 0 Å². The molecule has 4 heteroatoms. The lowest BCUT2D eigenvalue weighted by Gasteiger charge is -2.49. The van der Waals surface area contributed by atoms with Gasteiger partial charge < -0.3 is 4.98 Å². The fraction of sp³-hybridized carbons (Fsp3) is 0.550. The summed E-state index contributed by atoms with van der Waals surface area (Å²) in [6.07, 6.45) is 4.07. The van der Waals surface area contributed by atoms with Crippen LogP contribution in [0.3, 0.4) is 0 Å². The third-order valence-electron chi connectivity index (χ3n) is 5.70. The van der Waals surface area contributed by atoms with Crippen molar-refractivity contribution in [1.82, 2.24) is 14.8 Å². The van der Waals surface area contributed by atoms with Crippen LogP contribution in [0.25, 0.3) is 10.9 Å². The van der Waals surface area contributed by atoms with Crippen LogP contribution in [0.1, 0.15) is 37.4 Å². The molecule has 1 aromatic heterocycles. The molecular formula is C20H27N3O. The third kappa shape index (κ3) is 3.01. The van der Waals surface area contributed by atoms with Crippen LogP contribution >= 0.6 is 0 Å². The van der Waals surface area contributed by atoms with E-state index in [1.807, 2.05) is 19.1 Å². The van der Waals surface area contributed by atoms with Gasteiger partial charge in [0.25, 0.3) is 0 Å². The number of pyridine rings is 1. The van der Waals surface area contributed by atoms with E-state index in [-0.39, 0.29) is 5.43 Å². The number of H-pyrrole nitrogens is 1.